The highest BCUT2D eigenvalue weighted by Gasteiger charge is 2.31. The van der Waals surface area contributed by atoms with Crippen molar-refractivity contribution in [1.82, 2.24) is 4.98 Å². The molecular weight excluding hydrogens is 231 g/mol. The molecule has 0 aliphatic rings. The van der Waals surface area contributed by atoms with Gasteiger partial charge in [-0.25, -0.2) is 4.98 Å². The van der Waals surface area contributed by atoms with Gasteiger partial charge in [-0.1, -0.05) is 0 Å². The van der Waals surface area contributed by atoms with E-state index in [0.717, 1.165) is 0 Å². The zero-order valence-electron chi connectivity index (χ0n) is 7.37. The second-order valence-corrected chi connectivity index (χ2v) is 2.70. The zero-order valence-corrected chi connectivity index (χ0v) is 7.37. The molecule has 0 saturated heterocycles. The zero-order chi connectivity index (χ0) is 12.5. The highest BCUT2D eigenvalue weighted by molar-refractivity contribution is 5.88. The average Bonchev–Trinajstić information content (AvgIpc) is 2.15. The van der Waals surface area contributed by atoms with E-state index in [-0.39, 0.29) is 12.1 Å². The third kappa shape index (κ3) is 2.47. The molecule has 0 saturated carbocycles. The van der Waals surface area contributed by atoms with Crippen molar-refractivity contribution >= 4 is 11.9 Å². The van der Waals surface area contributed by atoms with Gasteiger partial charge in [-0.2, -0.15) is 13.2 Å². The van der Waals surface area contributed by atoms with Crippen LogP contribution in [0.25, 0.3) is 0 Å². The van der Waals surface area contributed by atoms with Crippen molar-refractivity contribution in [3.05, 3.63) is 29.1 Å². The summed E-state index contributed by atoms with van der Waals surface area (Å²) in [7, 11) is 0. The van der Waals surface area contributed by atoms with Crippen LogP contribution in [0, 0.1) is 0 Å². The molecule has 0 fully saturated rings. The Hall–Kier alpha value is -2.12. The van der Waals surface area contributed by atoms with Gasteiger partial charge >= 0.3 is 6.18 Å². The number of pyridine rings is 1. The van der Waals surface area contributed by atoms with Crippen molar-refractivity contribution in [3.63, 3.8) is 0 Å². The smallest absolute Gasteiger partial charge is 0.416 e. The predicted molar refractivity (Wildman–Crippen MR) is 37.9 cm³/mol. The summed E-state index contributed by atoms with van der Waals surface area (Å²) in [6, 6.07) is 0.365. The average molecular weight is 233 g/mol. The lowest BCUT2D eigenvalue weighted by atomic mass is 10.2. The second kappa shape index (κ2) is 3.80. The van der Waals surface area contributed by atoms with E-state index in [0.29, 0.717) is 0 Å². The van der Waals surface area contributed by atoms with E-state index < -0.39 is 35.1 Å². The lowest BCUT2D eigenvalue weighted by Gasteiger charge is -2.12. The van der Waals surface area contributed by atoms with E-state index in [1.807, 2.05) is 0 Å². The van der Waals surface area contributed by atoms with Crippen LogP contribution in [0.2, 0.25) is 0 Å². The minimum atomic E-state index is -4.88. The predicted octanol–water partition coefficient (Wildman–Crippen LogP) is -1.17. The number of alkyl halides is 3. The molecule has 0 N–H and O–H groups in total. The molecule has 0 bridgehead atoms. The minimum Gasteiger partial charge on any atom is -0.543 e. The molecule has 0 spiro atoms. The number of halogens is 3. The Morgan fingerprint density at radius 1 is 1.06 bits per heavy atom. The van der Waals surface area contributed by atoms with Crippen molar-refractivity contribution in [2.45, 2.75) is 6.18 Å². The van der Waals surface area contributed by atoms with Crippen molar-refractivity contribution in [1.29, 1.82) is 0 Å². The topological polar surface area (TPSA) is 93.1 Å². The maximum absolute atomic E-state index is 12.2. The van der Waals surface area contributed by atoms with Gasteiger partial charge in [-0.3, -0.25) is 0 Å². The summed E-state index contributed by atoms with van der Waals surface area (Å²) in [5.74, 6) is -4.01. The van der Waals surface area contributed by atoms with Gasteiger partial charge in [0, 0.05) is 0 Å². The first-order chi connectivity index (χ1) is 7.21. The lowest BCUT2D eigenvalue weighted by molar-refractivity contribution is -0.255. The van der Waals surface area contributed by atoms with Crippen LogP contribution in [0.5, 0.6) is 0 Å². The molecule has 0 amide bonds. The molecule has 0 aromatic carbocycles. The molecule has 86 valence electrons. The van der Waals surface area contributed by atoms with Gasteiger partial charge in [-0.05, 0) is 12.1 Å². The number of nitrogens with zero attached hydrogens (tertiary/aromatic N) is 1. The van der Waals surface area contributed by atoms with Gasteiger partial charge in [0.05, 0.1) is 28.9 Å². The first kappa shape index (κ1) is 12.0. The van der Waals surface area contributed by atoms with E-state index in [4.69, 9.17) is 0 Å². The maximum Gasteiger partial charge on any atom is 0.416 e. The third-order valence-corrected chi connectivity index (χ3v) is 1.57. The Morgan fingerprint density at radius 2 is 1.44 bits per heavy atom. The Balaban J connectivity index is 3.42. The van der Waals surface area contributed by atoms with Crippen molar-refractivity contribution in [3.8, 4) is 0 Å². The Labute approximate surface area is 86.2 Å². The van der Waals surface area contributed by atoms with Gasteiger partial charge in [0.15, 0.2) is 0 Å². The van der Waals surface area contributed by atoms with Crippen molar-refractivity contribution in [2.75, 3.05) is 0 Å². The molecule has 0 unspecified atom stereocenters. The second-order valence-electron chi connectivity index (χ2n) is 2.70. The summed E-state index contributed by atoms with van der Waals surface area (Å²) < 4.78 is 36.7. The molecule has 8 heteroatoms. The van der Waals surface area contributed by atoms with Gasteiger partial charge < -0.3 is 19.8 Å². The molecule has 1 aromatic rings. The number of carbonyl (C=O) groups is 2. The van der Waals surface area contributed by atoms with Crippen LogP contribution in [-0.4, -0.2) is 16.9 Å². The fourth-order valence-electron chi connectivity index (χ4n) is 0.903. The molecule has 5 nitrogen and oxygen atoms in total. The molecule has 16 heavy (non-hydrogen) atoms. The van der Waals surface area contributed by atoms with E-state index in [1.165, 1.54) is 0 Å². The molecule has 1 rings (SSSR count). The lowest BCUT2D eigenvalue weighted by Crippen LogP contribution is -2.29. The summed E-state index contributed by atoms with van der Waals surface area (Å²) in [6.07, 6.45) is -4.88. The van der Waals surface area contributed by atoms with Crippen LogP contribution >= 0.6 is 0 Å². The number of rotatable bonds is 2. The fraction of sp³-hybridized carbons (Fsp3) is 0.125. The summed E-state index contributed by atoms with van der Waals surface area (Å²) in [5, 5.41) is 20.6. The number of hydrogen-bond donors (Lipinski definition) is 0. The first-order valence-electron chi connectivity index (χ1n) is 3.74. The summed E-state index contributed by atoms with van der Waals surface area (Å²) in [5.41, 5.74) is -3.68. The fourth-order valence-corrected chi connectivity index (χ4v) is 0.903. The molecular formula is C8H2F3NO4-2. The van der Waals surface area contributed by atoms with Gasteiger partial charge in [-0.15, -0.1) is 0 Å². The molecule has 0 radical (unpaired) electrons. The first-order valence-corrected chi connectivity index (χ1v) is 3.74. The van der Waals surface area contributed by atoms with Gasteiger partial charge in [0.1, 0.15) is 0 Å². The Morgan fingerprint density at radius 3 is 1.69 bits per heavy atom. The molecule has 1 aromatic heterocycles. The number of aromatic carboxylic acids is 2. The van der Waals surface area contributed by atoms with Gasteiger partial charge in [0.25, 0.3) is 0 Å². The largest absolute Gasteiger partial charge is 0.543 e. The summed E-state index contributed by atoms with van der Waals surface area (Å²) >= 11 is 0. The maximum atomic E-state index is 12.2. The number of carbonyl (C=O) groups excluding carboxylic acids is 2. The van der Waals surface area contributed by atoms with Gasteiger partial charge in [0.2, 0.25) is 0 Å². The van der Waals surface area contributed by atoms with E-state index >= 15 is 0 Å². The van der Waals surface area contributed by atoms with E-state index in [1.54, 1.807) is 0 Å². The van der Waals surface area contributed by atoms with Crippen LogP contribution in [0.4, 0.5) is 13.2 Å². The van der Waals surface area contributed by atoms with Crippen LogP contribution in [0.1, 0.15) is 26.5 Å². The van der Waals surface area contributed by atoms with Crippen LogP contribution in [0.15, 0.2) is 12.1 Å². The monoisotopic (exact) mass is 233 g/mol. The summed E-state index contributed by atoms with van der Waals surface area (Å²) in [6.45, 7) is 0. The molecule has 0 aliphatic carbocycles. The van der Waals surface area contributed by atoms with Crippen molar-refractivity contribution in [2.24, 2.45) is 0 Å². The Bertz CT molecular complexity index is 423. The molecule has 0 atom stereocenters. The van der Waals surface area contributed by atoms with E-state index in [2.05, 4.69) is 4.98 Å². The highest BCUT2D eigenvalue weighted by Crippen LogP contribution is 2.29. The van der Waals surface area contributed by atoms with Crippen molar-refractivity contribution < 1.29 is 33.0 Å². The highest BCUT2D eigenvalue weighted by atomic mass is 19.4. The molecule has 0 aliphatic heterocycles. The SMILES string of the molecule is O=C([O-])c1cc(C(F)(F)F)cc(C(=O)[O-])n1. The van der Waals surface area contributed by atoms with Crippen LogP contribution in [0.3, 0.4) is 0 Å². The van der Waals surface area contributed by atoms with Crippen LogP contribution in [-0.2, 0) is 6.18 Å². The number of aromatic nitrogens is 1. The standard InChI is InChI=1S/C8H4F3NO4/c9-8(10,11)3-1-4(6(13)14)12-5(2-3)7(15)16/h1-2H,(H,13,14)(H,15,16)/p-2. The molecule has 1 heterocycles. The number of carboxylic acids is 2. The Kier molecular flexibility index (Phi) is 2.84. The third-order valence-electron chi connectivity index (χ3n) is 1.57. The van der Waals surface area contributed by atoms with Crippen LogP contribution < -0.4 is 10.2 Å². The number of hydrogen-bond acceptors (Lipinski definition) is 5. The number of carboxylic acid groups (broad SMARTS) is 2. The summed E-state index contributed by atoms with van der Waals surface area (Å²) in [4.78, 5) is 23.5. The minimum absolute atomic E-state index is 0.182. The van der Waals surface area contributed by atoms with E-state index in [9.17, 15) is 33.0 Å². The normalized spacial score (nSPS) is 11.2. The quantitative estimate of drug-likeness (QED) is 0.641.